The Morgan fingerprint density at radius 2 is 2.04 bits per heavy atom. The number of anilines is 1. The van der Waals surface area contributed by atoms with E-state index in [0.717, 1.165) is 43.1 Å². The average molecular weight is 405 g/mol. The Morgan fingerprint density at radius 1 is 1.21 bits per heavy atom. The molecule has 1 heterocycles. The zero-order valence-corrected chi connectivity index (χ0v) is 17.8. The van der Waals surface area contributed by atoms with Crippen LogP contribution in [-0.4, -0.2) is 31.1 Å². The van der Waals surface area contributed by atoms with Crippen LogP contribution in [0.5, 0.6) is 0 Å². The SMILES string of the molecule is CCOC(=O)c1c(NC(=O)CNC(C)C2CC3CCC2C3)sc2c1CCCC2. The van der Waals surface area contributed by atoms with Crippen molar-refractivity contribution in [1.82, 2.24) is 5.32 Å². The summed E-state index contributed by atoms with van der Waals surface area (Å²) in [5.41, 5.74) is 1.68. The summed E-state index contributed by atoms with van der Waals surface area (Å²) in [6.45, 7) is 4.67. The first kappa shape index (κ1) is 19.9. The molecule has 154 valence electrons. The highest BCUT2D eigenvalue weighted by Gasteiger charge is 2.41. The maximum Gasteiger partial charge on any atom is 0.341 e. The van der Waals surface area contributed by atoms with Gasteiger partial charge in [0.2, 0.25) is 5.91 Å². The van der Waals surface area contributed by atoms with Gasteiger partial charge < -0.3 is 15.4 Å². The first-order valence-electron chi connectivity index (χ1n) is 10.9. The molecule has 3 aliphatic rings. The third-order valence-electron chi connectivity index (χ3n) is 6.92. The molecule has 2 N–H and O–H groups in total. The van der Waals surface area contributed by atoms with Crippen LogP contribution in [0.3, 0.4) is 0 Å². The number of thiophene rings is 1. The van der Waals surface area contributed by atoms with Gasteiger partial charge in [-0.25, -0.2) is 4.79 Å². The predicted molar refractivity (Wildman–Crippen MR) is 112 cm³/mol. The van der Waals surface area contributed by atoms with Gasteiger partial charge in [0.1, 0.15) is 5.00 Å². The van der Waals surface area contributed by atoms with Crippen molar-refractivity contribution in [3.8, 4) is 0 Å². The molecule has 1 aromatic rings. The molecule has 1 amide bonds. The molecule has 0 aromatic carbocycles. The Hall–Kier alpha value is -1.40. The van der Waals surface area contributed by atoms with Gasteiger partial charge in [-0.3, -0.25) is 4.79 Å². The van der Waals surface area contributed by atoms with Gasteiger partial charge in [0.25, 0.3) is 0 Å². The molecule has 6 heteroatoms. The molecule has 1 aromatic heterocycles. The van der Waals surface area contributed by atoms with Gasteiger partial charge in [-0.2, -0.15) is 0 Å². The fraction of sp³-hybridized carbons (Fsp3) is 0.727. The molecule has 28 heavy (non-hydrogen) atoms. The van der Waals surface area contributed by atoms with Gasteiger partial charge in [-0.15, -0.1) is 11.3 Å². The lowest BCUT2D eigenvalue weighted by Gasteiger charge is -2.28. The maximum absolute atomic E-state index is 12.6. The lowest BCUT2D eigenvalue weighted by molar-refractivity contribution is -0.115. The number of hydrogen-bond donors (Lipinski definition) is 2. The standard InChI is InChI=1S/C22H32N2O3S/c1-3-27-22(26)20-16-6-4-5-7-18(16)28-21(20)24-19(25)12-23-13(2)17-11-14-8-9-15(17)10-14/h13-15,17,23H,3-12H2,1-2H3,(H,24,25). The summed E-state index contributed by atoms with van der Waals surface area (Å²) in [6.07, 6.45) is 9.57. The molecule has 0 spiro atoms. The Labute approximate surface area is 171 Å². The number of hydrogen-bond acceptors (Lipinski definition) is 5. The minimum atomic E-state index is -0.305. The van der Waals surface area contributed by atoms with E-state index in [0.29, 0.717) is 35.7 Å². The zero-order valence-electron chi connectivity index (χ0n) is 17.0. The smallest absolute Gasteiger partial charge is 0.341 e. The Kier molecular flexibility index (Phi) is 6.07. The van der Waals surface area contributed by atoms with Crippen molar-refractivity contribution in [3.05, 3.63) is 16.0 Å². The highest BCUT2D eigenvalue weighted by molar-refractivity contribution is 7.17. The van der Waals surface area contributed by atoms with E-state index < -0.39 is 0 Å². The molecular formula is C22H32N2O3S. The number of carbonyl (C=O) groups is 2. The summed E-state index contributed by atoms with van der Waals surface area (Å²) >= 11 is 1.55. The molecular weight excluding hydrogens is 372 g/mol. The monoisotopic (exact) mass is 404 g/mol. The number of ether oxygens (including phenoxy) is 1. The summed E-state index contributed by atoms with van der Waals surface area (Å²) < 4.78 is 5.27. The number of rotatable bonds is 7. The summed E-state index contributed by atoms with van der Waals surface area (Å²) in [5, 5.41) is 7.12. The van der Waals surface area contributed by atoms with Crippen LogP contribution in [0.1, 0.15) is 73.2 Å². The topological polar surface area (TPSA) is 67.4 Å². The van der Waals surface area contributed by atoms with Crippen molar-refractivity contribution in [2.75, 3.05) is 18.5 Å². The van der Waals surface area contributed by atoms with Crippen molar-refractivity contribution in [2.24, 2.45) is 17.8 Å². The summed E-state index contributed by atoms with van der Waals surface area (Å²) in [5.74, 6) is 2.09. The van der Waals surface area contributed by atoms with E-state index in [4.69, 9.17) is 4.74 Å². The normalized spacial score (nSPS) is 26.7. The van der Waals surface area contributed by atoms with Crippen LogP contribution in [0.15, 0.2) is 0 Å². The van der Waals surface area contributed by atoms with Crippen LogP contribution in [-0.2, 0) is 22.4 Å². The number of nitrogens with one attached hydrogen (secondary N) is 2. The quantitative estimate of drug-likeness (QED) is 0.670. The minimum absolute atomic E-state index is 0.0702. The second-order valence-corrected chi connectivity index (χ2v) is 9.80. The first-order valence-corrected chi connectivity index (χ1v) is 11.7. The van der Waals surface area contributed by atoms with Crippen LogP contribution in [0.2, 0.25) is 0 Å². The fourth-order valence-electron chi connectivity index (χ4n) is 5.56. The maximum atomic E-state index is 12.6. The molecule has 4 rings (SSSR count). The molecule has 3 aliphatic carbocycles. The third kappa shape index (κ3) is 3.99. The van der Waals surface area contributed by atoms with Crippen LogP contribution < -0.4 is 10.6 Å². The molecule has 0 aliphatic heterocycles. The van der Waals surface area contributed by atoms with E-state index in [1.54, 1.807) is 11.3 Å². The minimum Gasteiger partial charge on any atom is -0.462 e. The lowest BCUT2D eigenvalue weighted by atomic mass is 9.84. The highest BCUT2D eigenvalue weighted by Crippen LogP contribution is 2.49. The van der Waals surface area contributed by atoms with E-state index in [1.165, 1.54) is 30.6 Å². The highest BCUT2D eigenvalue weighted by atomic mass is 32.1. The Morgan fingerprint density at radius 3 is 2.75 bits per heavy atom. The van der Waals surface area contributed by atoms with Crippen LogP contribution in [0.25, 0.3) is 0 Å². The van der Waals surface area contributed by atoms with Gasteiger partial charge in [-0.1, -0.05) is 6.42 Å². The second-order valence-electron chi connectivity index (χ2n) is 8.69. The number of aryl methyl sites for hydroxylation is 1. The van der Waals surface area contributed by atoms with Gasteiger partial charge in [0, 0.05) is 10.9 Å². The van der Waals surface area contributed by atoms with Crippen LogP contribution in [0, 0.1) is 17.8 Å². The molecule has 2 saturated carbocycles. The predicted octanol–water partition coefficient (Wildman–Crippen LogP) is 4.16. The molecule has 0 saturated heterocycles. The lowest BCUT2D eigenvalue weighted by Crippen LogP contribution is -2.40. The van der Waals surface area contributed by atoms with Crippen molar-refractivity contribution < 1.29 is 14.3 Å². The molecule has 4 unspecified atom stereocenters. The zero-order chi connectivity index (χ0) is 19.7. The number of carbonyl (C=O) groups excluding carboxylic acids is 2. The van der Waals surface area contributed by atoms with Gasteiger partial charge in [0.05, 0.1) is 18.7 Å². The number of amides is 1. The number of esters is 1. The molecule has 4 atom stereocenters. The number of fused-ring (bicyclic) bond motifs is 3. The molecule has 2 fully saturated rings. The van der Waals surface area contributed by atoms with E-state index in [9.17, 15) is 9.59 Å². The van der Waals surface area contributed by atoms with Gasteiger partial charge in [-0.05, 0) is 82.1 Å². The van der Waals surface area contributed by atoms with Crippen molar-refractivity contribution in [1.29, 1.82) is 0 Å². The van der Waals surface area contributed by atoms with Crippen LogP contribution in [0.4, 0.5) is 5.00 Å². The van der Waals surface area contributed by atoms with Crippen molar-refractivity contribution in [2.45, 2.75) is 71.3 Å². The third-order valence-corrected chi connectivity index (χ3v) is 8.13. The molecule has 5 nitrogen and oxygen atoms in total. The summed E-state index contributed by atoms with van der Waals surface area (Å²) in [4.78, 5) is 26.4. The van der Waals surface area contributed by atoms with Gasteiger partial charge >= 0.3 is 5.97 Å². The Balaban J connectivity index is 1.38. The van der Waals surface area contributed by atoms with E-state index >= 15 is 0 Å². The summed E-state index contributed by atoms with van der Waals surface area (Å²) in [7, 11) is 0. The van der Waals surface area contributed by atoms with E-state index in [1.807, 2.05) is 6.92 Å². The largest absolute Gasteiger partial charge is 0.462 e. The van der Waals surface area contributed by atoms with Crippen LogP contribution >= 0.6 is 11.3 Å². The average Bonchev–Trinajstić information content (AvgIpc) is 3.39. The van der Waals surface area contributed by atoms with Crippen molar-refractivity contribution in [3.63, 3.8) is 0 Å². The summed E-state index contributed by atoms with van der Waals surface area (Å²) in [6, 6.07) is 0.363. The second kappa shape index (κ2) is 8.54. The first-order chi connectivity index (χ1) is 13.6. The Bertz CT molecular complexity index is 744. The van der Waals surface area contributed by atoms with E-state index in [-0.39, 0.29) is 11.9 Å². The van der Waals surface area contributed by atoms with E-state index in [2.05, 4.69) is 17.6 Å². The molecule has 0 radical (unpaired) electrons. The van der Waals surface area contributed by atoms with Crippen molar-refractivity contribution >= 4 is 28.2 Å². The van der Waals surface area contributed by atoms with Gasteiger partial charge in [0.15, 0.2) is 0 Å². The fourth-order valence-corrected chi connectivity index (χ4v) is 6.85. The molecule has 2 bridgehead atoms.